The van der Waals surface area contributed by atoms with Crippen LogP contribution in [-0.2, 0) is 9.53 Å². The summed E-state index contributed by atoms with van der Waals surface area (Å²) in [5.74, 6) is 0.560. The SMILES string of the molecule is COCCN(C)CCNC(C)C(=O)NCC(C)C. The first-order chi connectivity index (χ1) is 8.47. The lowest BCUT2D eigenvalue weighted by Crippen LogP contribution is -2.45. The van der Waals surface area contributed by atoms with E-state index in [1.165, 1.54) is 0 Å². The van der Waals surface area contributed by atoms with Crippen LogP contribution in [0, 0.1) is 5.92 Å². The van der Waals surface area contributed by atoms with Crippen molar-refractivity contribution >= 4 is 5.91 Å². The summed E-state index contributed by atoms with van der Waals surface area (Å²) in [4.78, 5) is 13.9. The Labute approximate surface area is 111 Å². The summed E-state index contributed by atoms with van der Waals surface area (Å²) >= 11 is 0. The number of ether oxygens (including phenoxy) is 1. The fourth-order valence-corrected chi connectivity index (χ4v) is 1.38. The fourth-order valence-electron chi connectivity index (χ4n) is 1.38. The molecule has 0 bridgehead atoms. The number of methoxy groups -OCH3 is 1. The van der Waals surface area contributed by atoms with E-state index in [4.69, 9.17) is 4.74 Å². The van der Waals surface area contributed by atoms with E-state index in [9.17, 15) is 4.79 Å². The number of rotatable bonds is 10. The van der Waals surface area contributed by atoms with E-state index < -0.39 is 0 Å². The normalized spacial score (nSPS) is 13.1. The van der Waals surface area contributed by atoms with Gasteiger partial charge in [0.25, 0.3) is 0 Å². The van der Waals surface area contributed by atoms with E-state index >= 15 is 0 Å². The van der Waals surface area contributed by atoms with Gasteiger partial charge in [-0.3, -0.25) is 4.79 Å². The van der Waals surface area contributed by atoms with Crippen molar-refractivity contribution < 1.29 is 9.53 Å². The third kappa shape index (κ3) is 9.39. The molecular weight excluding hydrogens is 230 g/mol. The molecule has 0 spiro atoms. The van der Waals surface area contributed by atoms with E-state index in [0.717, 1.165) is 32.8 Å². The topological polar surface area (TPSA) is 53.6 Å². The minimum Gasteiger partial charge on any atom is -0.383 e. The zero-order valence-corrected chi connectivity index (χ0v) is 12.5. The van der Waals surface area contributed by atoms with Gasteiger partial charge >= 0.3 is 0 Å². The third-order valence-electron chi connectivity index (χ3n) is 2.70. The van der Waals surface area contributed by atoms with Gasteiger partial charge in [-0.15, -0.1) is 0 Å². The zero-order valence-electron chi connectivity index (χ0n) is 12.5. The Morgan fingerprint density at radius 1 is 1.28 bits per heavy atom. The summed E-state index contributed by atoms with van der Waals surface area (Å²) in [6, 6.07) is -0.139. The summed E-state index contributed by atoms with van der Waals surface area (Å²) in [6.45, 7) is 10.2. The van der Waals surface area contributed by atoms with E-state index in [1.807, 2.05) is 14.0 Å². The molecule has 108 valence electrons. The predicted octanol–water partition coefficient (Wildman–Crippen LogP) is 0.315. The van der Waals surface area contributed by atoms with Gasteiger partial charge in [0.2, 0.25) is 5.91 Å². The van der Waals surface area contributed by atoms with Gasteiger partial charge in [0.15, 0.2) is 0 Å². The average Bonchev–Trinajstić information content (AvgIpc) is 2.33. The molecule has 0 heterocycles. The summed E-state index contributed by atoms with van der Waals surface area (Å²) < 4.78 is 5.01. The molecule has 0 aromatic carbocycles. The fraction of sp³-hybridized carbons (Fsp3) is 0.923. The molecule has 0 aliphatic heterocycles. The highest BCUT2D eigenvalue weighted by Gasteiger charge is 2.11. The van der Waals surface area contributed by atoms with Gasteiger partial charge < -0.3 is 20.3 Å². The van der Waals surface area contributed by atoms with E-state index in [0.29, 0.717) is 5.92 Å². The van der Waals surface area contributed by atoms with Crippen LogP contribution in [0.1, 0.15) is 20.8 Å². The Hall–Kier alpha value is -0.650. The molecule has 0 aliphatic carbocycles. The van der Waals surface area contributed by atoms with Crippen LogP contribution in [0.3, 0.4) is 0 Å². The van der Waals surface area contributed by atoms with E-state index in [2.05, 4.69) is 29.4 Å². The molecule has 0 saturated carbocycles. The van der Waals surface area contributed by atoms with Gasteiger partial charge in [-0.25, -0.2) is 0 Å². The molecule has 0 aromatic heterocycles. The standard InChI is InChI=1S/C13H29N3O2/c1-11(2)10-15-13(17)12(3)14-6-7-16(4)8-9-18-5/h11-12,14H,6-10H2,1-5H3,(H,15,17). The van der Waals surface area contributed by atoms with Gasteiger partial charge in [-0.2, -0.15) is 0 Å². The van der Waals surface area contributed by atoms with Gasteiger partial charge in [-0.1, -0.05) is 13.8 Å². The molecule has 18 heavy (non-hydrogen) atoms. The smallest absolute Gasteiger partial charge is 0.236 e. The lowest BCUT2D eigenvalue weighted by atomic mass is 10.2. The first kappa shape index (κ1) is 17.4. The lowest BCUT2D eigenvalue weighted by Gasteiger charge is -2.19. The van der Waals surface area contributed by atoms with Crippen molar-refractivity contribution in [1.29, 1.82) is 0 Å². The predicted molar refractivity (Wildman–Crippen MR) is 74.7 cm³/mol. The summed E-state index contributed by atoms with van der Waals surface area (Å²) in [7, 11) is 3.75. The number of carbonyl (C=O) groups is 1. The Morgan fingerprint density at radius 3 is 2.50 bits per heavy atom. The van der Waals surface area contributed by atoms with Crippen molar-refractivity contribution in [3.05, 3.63) is 0 Å². The largest absolute Gasteiger partial charge is 0.383 e. The van der Waals surface area contributed by atoms with Gasteiger partial charge in [-0.05, 0) is 19.9 Å². The first-order valence-electron chi connectivity index (χ1n) is 6.66. The van der Waals surface area contributed by atoms with Crippen molar-refractivity contribution in [3.8, 4) is 0 Å². The van der Waals surface area contributed by atoms with E-state index in [-0.39, 0.29) is 11.9 Å². The minimum atomic E-state index is -0.139. The first-order valence-corrected chi connectivity index (χ1v) is 6.66. The van der Waals surface area contributed by atoms with Crippen LogP contribution < -0.4 is 10.6 Å². The number of carbonyl (C=O) groups excluding carboxylic acids is 1. The number of nitrogens with zero attached hydrogens (tertiary/aromatic N) is 1. The van der Waals surface area contributed by atoms with Crippen LogP contribution >= 0.6 is 0 Å². The highest BCUT2D eigenvalue weighted by Crippen LogP contribution is 1.89. The summed E-state index contributed by atoms with van der Waals surface area (Å²) in [5.41, 5.74) is 0. The third-order valence-corrected chi connectivity index (χ3v) is 2.70. The van der Waals surface area contributed by atoms with Crippen molar-refractivity contribution in [2.24, 2.45) is 5.92 Å². The quantitative estimate of drug-likeness (QED) is 0.593. The van der Waals surface area contributed by atoms with Crippen LogP contribution in [0.2, 0.25) is 0 Å². The molecule has 0 aliphatic rings. The van der Waals surface area contributed by atoms with Crippen molar-refractivity contribution in [1.82, 2.24) is 15.5 Å². The summed E-state index contributed by atoms with van der Waals surface area (Å²) in [5, 5.41) is 6.14. The maximum absolute atomic E-state index is 11.7. The number of hydrogen-bond donors (Lipinski definition) is 2. The van der Waals surface area contributed by atoms with Gasteiger partial charge in [0.1, 0.15) is 0 Å². The molecule has 0 fully saturated rings. The van der Waals surface area contributed by atoms with Crippen LogP contribution in [0.4, 0.5) is 0 Å². The molecule has 0 radical (unpaired) electrons. The maximum atomic E-state index is 11.7. The Balaban J connectivity index is 3.62. The Kier molecular flexibility index (Phi) is 9.92. The van der Waals surface area contributed by atoms with Gasteiger partial charge in [0.05, 0.1) is 12.6 Å². The number of likely N-dealkylation sites (N-methyl/N-ethyl adjacent to an activating group) is 1. The molecule has 5 heteroatoms. The van der Waals surface area contributed by atoms with Crippen LogP contribution in [-0.4, -0.2) is 63.8 Å². The number of nitrogens with one attached hydrogen (secondary N) is 2. The molecule has 1 amide bonds. The highest BCUT2D eigenvalue weighted by atomic mass is 16.5. The van der Waals surface area contributed by atoms with Crippen LogP contribution in [0.15, 0.2) is 0 Å². The second kappa shape index (κ2) is 10.3. The zero-order chi connectivity index (χ0) is 14.0. The Morgan fingerprint density at radius 2 is 1.94 bits per heavy atom. The molecule has 2 N–H and O–H groups in total. The molecule has 0 aromatic rings. The van der Waals surface area contributed by atoms with Crippen molar-refractivity contribution in [2.75, 3.05) is 46.9 Å². The molecule has 1 atom stereocenters. The Bertz CT molecular complexity index is 222. The van der Waals surface area contributed by atoms with Crippen molar-refractivity contribution in [2.45, 2.75) is 26.8 Å². The van der Waals surface area contributed by atoms with Crippen LogP contribution in [0.25, 0.3) is 0 Å². The van der Waals surface area contributed by atoms with Crippen molar-refractivity contribution in [3.63, 3.8) is 0 Å². The molecular formula is C13H29N3O2. The van der Waals surface area contributed by atoms with E-state index in [1.54, 1.807) is 7.11 Å². The molecule has 5 nitrogen and oxygen atoms in total. The number of amides is 1. The highest BCUT2D eigenvalue weighted by molar-refractivity contribution is 5.81. The second-order valence-electron chi connectivity index (χ2n) is 5.11. The number of hydrogen-bond acceptors (Lipinski definition) is 4. The maximum Gasteiger partial charge on any atom is 0.236 e. The lowest BCUT2D eigenvalue weighted by molar-refractivity contribution is -0.122. The monoisotopic (exact) mass is 259 g/mol. The second-order valence-corrected chi connectivity index (χ2v) is 5.11. The molecule has 0 saturated heterocycles. The molecule has 0 rings (SSSR count). The average molecular weight is 259 g/mol. The van der Waals surface area contributed by atoms with Gasteiger partial charge in [0, 0.05) is 33.3 Å². The minimum absolute atomic E-state index is 0.0724. The molecule has 1 unspecified atom stereocenters. The van der Waals surface area contributed by atoms with Crippen LogP contribution in [0.5, 0.6) is 0 Å². The summed E-state index contributed by atoms with van der Waals surface area (Å²) in [6.07, 6.45) is 0.